The molecule has 1 saturated heterocycles. The van der Waals surface area contributed by atoms with Crippen LogP contribution in [-0.2, 0) is 78.4 Å². The Labute approximate surface area is 547 Å². The number of H-pyrrole nitrogens is 2. The number of benzene rings is 3. The van der Waals surface area contributed by atoms with Crippen molar-refractivity contribution < 1.29 is 63.0 Å². The number of guanidine groups is 2. The first kappa shape index (κ1) is 72.7. The third kappa shape index (κ3) is 24.0. The first-order chi connectivity index (χ1) is 44.9. The number of phenolic OH excluding ortho intramolecular Hbond substituents is 1. The van der Waals surface area contributed by atoms with Crippen molar-refractivity contribution in [2.45, 2.75) is 126 Å². The Balaban J connectivity index is 1.42. The van der Waals surface area contributed by atoms with Gasteiger partial charge in [-0.25, -0.2) is 4.98 Å². The normalized spacial score (nSPS) is 20.2. The van der Waals surface area contributed by atoms with Crippen LogP contribution < -0.4 is 76.5 Å². The summed E-state index contributed by atoms with van der Waals surface area (Å²) in [6, 6.07) is 7.70. The van der Waals surface area contributed by atoms with Gasteiger partial charge < -0.3 is 96.7 Å². The molecule has 0 radical (unpaired) electrons. The van der Waals surface area contributed by atoms with Crippen LogP contribution in [0.3, 0.4) is 0 Å². The molecule has 3 heterocycles. The number of aliphatic imine (C=N–C) groups is 2. The Kier molecular flexibility index (Phi) is 28.3. The number of carboxylic acid groups (broad SMARTS) is 1. The number of nitrogens with two attached hydrogens (primary N) is 5. The molecule has 6 rings (SSSR count). The number of para-hydroxylation sites is 1. The Morgan fingerprint density at radius 3 is 1.82 bits per heavy atom. The molecule has 1 aliphatic heterocycles. The van der Waals surface area contributed by atoms with E-state index >= 15 is 0 Å². The van der Waals surface area contributed by atoms with E-state index in [4.69, 9.17) is 28.7 Å². The van der Waals surface area contributed by atoms with Crippen LogP contribution in [-0.4, -0.2) is 181 Å². The average Bonchev–Trinajstić information content (AvgIpc) is 1.65. The summed E-state index contributed by atoms with van der Waals surface area (Å²) in [5.41, 5.74) is 30.9. The number of nitrogens with one attached hydrogen (secondary N) is 11. The second-order valence-corrected chi connectivity index (χ2v) is 24.5. The smallest absolute Gasteiger partial charge is 0.303 e. The number of amides is 10. The molecule has 3 aromatic carbocycles. The standard InChI is InChI=1S/C60H79N19O13S2/c1-32(80)71-43(24-34-15-17-37(81)18-16-34)54(88)72-41(14-8-22-68-60(64)65)52(86)79-48-30-94-93-29-47(50(61)84)78-56(90)45(25-35-27-69-39-12-6-5-11-38(35)39)76-51(85)40(13-7-21-67-59(62)63)73-55(89)44(23-33-9-3-2-4-10-33)75-57(91)46(26-36-28-66-31-70-36)77-53(87)42(74-58(48)92)19-20-49(82)83/h2-6,9-12,15-18,27-28,31,40-48,69,81H,7-8,13-14,19-26,29-30H2,1H3,(H2,61,84)(H,66,70)(H,71,80)(H,72,88)(H,73,89)(H,74,92)(H,75,91)(H,76,85)(H,77,87)(H,78,90)(H,79,86)(H,82,83)(H4,62,63,67)(H4,64,65,68)/t40-,41-,42-,43-,44+,45-,46-,47-,48-/m0/s1. The van der Waals surface area contributed by atoms with Gasteiger partial charge in [0.2, 0.25) is 59.1 Å². The van der Waals surface area contributed by atoms with Gasteiger partial charge in [-0.1, -0.05) is 82.3 Å². The number of primary amides is 1. The minimum absolute atomic E-state index is 0.00324. The summed E-state index contributed by atoms with van der Waals surface area (Å²) in [5, 5.41) is 44.3. The average molecular weight is 1340 g/mol. The van der Waals surface area contributed by atoms with Gasteiger partial charge in [-0.05, 0) is 67.0 Å². The summed E-state index contributed by atoms with van der Waals surface area (Å²) in [5.74, 6) is -11.9. The number of carboxylic acids is 1. The van der Waals surface area contributed by atoms with Crippen molar-refractivity contribution in [1.29, 1.82) is 0 Å². The first-order valence-corrected chi connectivity index (χ1v) is 32.3. The number of fused-ring (bicyclic) bond motifs is 1. The van der Waals surface area contributed by atoms with E-state index in [9.17, 15) is 63.0 Å². The number of nitrogens with zero attached hydrogens (tertiary/aromatic N) is 3. The van der Waals surface area contributed by atoms with Gasteiger partial charge in [0.05, 0.1) is 6.33 Å². The maximum atomic E-state index is 14.9. The van der Waals surface area contributed by atoms with Crippen molar-refractivity contribution in [2.24, 2.45) is 38.7 Å². The predicted octanol–water partition coefficient (Wildman–Crippen LogP) is -2.90. The molecule has 0 spiro atoms. The van der Waals surface area contributed by atoms with Gasteiger partial charge in [0, 0.05) is 92.6 Å². The van der Waals surface area contributed by atoms with E-state index in [0.717, 1.165) is 21.6 Å². The lowest BCUT2D eigenvalue weighted by Crippen LogP contribution is -2.61. The van der Waals surface area contributed by atoms with Gasteiger partial charge in [-0.3, -0.25) is 62.7 Å². The van der Waals surface area contributed by atoms with Gasteiger partial charge in [0.25, 0.3) is 0 Å². The van der Waals surface area contributed by atoms with Crippen molar-refractivity contribution >= 4 is 109 Å². The van der Waals surface area contributed by atoms with Gasteiger partial charge in [0.1, 0.15) is 60.1 Å². The molecule has 0 saturated carbocycles. The highest BCUT2D eigenvalue weighted by Gasteiger charge is 2.37. The second-order valence-electron chi connectivity index (χ2n) is 21.9. The van der Waals surface area contributed by atoms with Crippen LogP contribution >= 0.6 is 21.6 Å². The molecule has 1 fully saturated rings. The van der Waals surface area contributed by atoms with E-state index in [0.29, 0.717) is 33.3 Å². The van der Waals surface area contributed by atoms with Crippen LogP contribution in [0.4, 0.5) is 0 Å². The van der Waals surface area contributed by atoms with Crippen LogP contribution in [0.2, 0.25) is 0 Å². The van der Waals surface area contributed by atoms with E-state index in [1.807, 2.05) is 0 Å². The summed E-state index contributed by atoms with van der Waals surface area (Å²) < 4.78 is 0. The SMILES string of the molecule is CC(=O)N[C@@H](Cc1ccc(O)cc1)C(=O)N[C@@H](CCCN=C(N)N)C(=O)N[C@H]1CSSC[C@@H](C(N)=O)NC(=O)[C@H](Cc2c[nH]c3ccccc23)NC(=O)[C@H](CCCN=C(N)N)NC(=O)[C@@H](Cc2ccccc2)NC(=O)[C@H](Cc2cnc[nH]2)NC(=O)[C@H](CCC(=O)O)NC1=O. The van der Waals surface area contributed by atoms with E-state index in [1.165, 1.54) is 43.7 Å². The highest BCUT2D eigenvalue weighted by atomic mass is 33.1. The van der Waals surface area contributed by atoms with Crippen LogP contribution in [0, 0.1) is 0 Å². The zero-order valence-corrected chi connectivity index (χ0v) is 52.9. The fourth-order valence-electron chi connectivity index (χ4n) is 9.81. The minimum atomic E-state index is -1.76. The lowest BCUT2D eigenvalue weighted by Gasteiger charge is -2.28. The highest BCUT2D eigenvalue weighted by Crippen LogP contribution is 2.25. The number of hydrogen-bond donors (Lipinski definition) is 18. The molecule has 0 bridgehead atoms. The highest BCUT2D eigenvalue weighted by molar-refractivity contribution is 8.76. The molecule has 2 aromatic heterocycles. The quantitative estimate of drug-likeness (QED) is 0.0121. The van der Waals surface area contributed by atoms with E-state index in [1.54, 1.807) is 60.8 Å². The van der Waals surface area contributed by atoms with Gasteiger partial charge >= 0.3 is 5.97 Å². The van der Waals surface area contributed by atoms with Crippen molar-refractivity contribution in [2.75, 3.05) is 24.6 Å². The van der Waals surface area contributed by atoms with Crippen molar-refractivity contribution in [1.82, 2.24) is 62.8 Å². The maximum absolute atomic E-state index is 14.9. The van der Waals surface area contributed by atoms with Gasteiger partial charge in [0.15, 0.2) is 11.9 Å². The third-order valence-electron chi connectivity index (χ3n) is 14.6. The summed E-state index contributed by atoms with van der Waals surface area (Å²) >= 11 is 0. The largest absolute Gasteiger partial charge is 0.508 e. The third-order valence-corrected chi connectivity index (χ3v) is 17.0. The number of carbonyl (C=O) groups is 11. The molecule has 32 nitrogen and oxygen atoms in total. The van der Waals surface area contributed by atoms with Crippen LogP contribution in [0.1, 0.15) is 67.8 Å². The number of phenols is 1. The van der Waals surface area contributed by atoms with E-state index < -0.39 is 138 Å². The maximum Gasteiger partial charge on any atom is 0.303 e. The molecule has 94 heavy (non-hydrogen) atoms. The number of hydrogen-bond acceptors (Lipinski definition) is 17. The van der Waals surface area contributed by atoms with E-state index in [2.05, 4.69) is 72.8 Å². The number of aliphatic carboxylic acids is 1. The molecule has 10 amide bonds. The second kappa shape index (κ2) is 36.6. The number of aromatic amines is 2. The molecule has 5 aromatic rings. The van der Waals surface area contributed by atoms with E-state index in [-0.39, 0.29) is 87.9 Å². The molecule has 504 valence electrons. The number of carbonyl (C=O) groups excluding carboxylic acids is 10. The Morgan fingerprint density at radius 2 is 1.19 bits per heavy atom. The zero-order chi connectivity index (χ0) is 68.3. The zero-order valence-electron chi connectivity index (χ0n) is 51.3. The Hall–Kier alpha value is -10.4. The Bertz CT molecular complexity index is 3490. The first-order valence-electron chi connectivity index (χ1n) is 29.8. The predicted molar refractivity (Wildman–Crippen MR) is 350 cm³/mol. The number of aromatic hydroxyl groups is 1. The monoisotopic (exact) mass is 1340 g/mol. The molecule has 0 aliphatic carbocycles. The van der Waals surface area contributed by atoms with Crippen molar-refractivity contribution in [3.05, 3.63) is 120 Å². The fourth-order valence-corrected chi connectivity index (χ4v) is 12.1. The molecule has 0 unspecified atom stereocenters. The molecular weight excluding hydrogens is 1260 g/mol. The minimum Gasteiger partial charge on any atom is -0.508 e. The lowest BCUT2D eigenvalue weighted by atomic mass is 10.0. The molecular formula is C60H79N19O13S2. The fraction of sp³-hybridized carbons (Fsp3) is 0.400. The summed E-state index contributed by atoms with van der Waals surface area (Å²) in [7, 11) is 1.78. The lowest BCUT2D eigenvalue weighted by molar-refractivity contribution is -0.138. The number of rotatable bonds is 25. The topological polar surface area (TPSA) is 536 Å². The summed E-state index contributed by atoms with van der Waals surface area (Å²) in [6.45, 7) is 1.15. The van der Waals surface area contributed by atoms with Crippen molar-refractivity contribution in [3.8, 4) is 5.75 Å². The molecule has 34 heteroatoms. The van der Waals surface area contributed by atoms with Gasteiger partial charge in [-0.15, -0.1) is 0 Å². The van der Waals surface area contributed by atoms with Crippen LogP contribution in [0.15, 0.2) is 108 Å². The molecule has 23 N–H and O–H groups in total. The summed E-state index contributed by atoms with van der Waals surface area (Å²) in [4.78, 5) is 174. The van der Waals surface area contributed by atoms with Crippen molar-refractivity contribution in [3.63, 3.8) is 0 Å². The van der Waals surface area contributed by atoms with Gasteiger partial charge in [-0.2, -0.15) is 0 Å². The van der Waals surface area contributed by atoms with Crippen LogP contribution in [0.25, 0.3) is 10.9 Å². The van der Waals surface area contributed by atoms with Crippen LogP contribution in [0.5, 0.6) is 5.75 Å². The number of aromatic nitrogens is 3. The molecule has 9 atom stereocenters. The molecule has 1 aliphatic rings. The number of imidazole rings is 1. The Morgan fingerprint density at radius 1 is 0.617 bits per heavy atom. The summed E-state index contributed by atoms with van der Waals surface area (Å²) in [6.07, 6.45) is 2.09.